The molecule has 1 aromatic carbocycles. The van der Waals surface area contributed by atoms with Crippen LogP contribution in [0.15, 0.2) is 24.3 Å². The van der Waals surface area contributed by atoms with Crippen LogP contribution in [-0.4, -0.2) is 48.3 Å². The lowest BCUT2D eigenvalue weighted by Gasteiger charge is -2.32. The van der Waals surface area contributed by atoms with Gasteiger partial charge in [-0.3, -0.25) is 4.79 Å². The molecule has 4 rings (SSSR count). The maximum absolute atomic E-state index is 12.8. The topological polar surface area (TPSA) is 49.8 Å². The maximum atomic E-state index is 12.8. The molecule has 1 saturated heterocycles. The van der Waals surface area contributed by atoms with Crippen molar-refractivity contribution >= 4 is 5.91 Å². The second-order valence-corrected chi connectivity index (χ2v) is 6.41. The number of nitrogens with zero attached hydrogens (tertiary/aromatic N) is 1. The summed E-state index contributed by atoms with van der Waals surface area (Å²) in [5, 5.41) is 9.22. The van der Waals surface area contributed by atoms with E-state index in [0.29, 0.717) is 31.5 Å². The first-order valence-electron chi connectivity index (χ1n) is 7.88. The fourth-order valence-corrected chi connectivity index (χ4v) is 4.14. The first-order valence-corrected chi connectivity index (χ1v) is 7.88. The third-order valence-electron chi connectivity index (χ3n) is 5.27. The predicted octanol–water partition coefficient (Wildman–Crippen LogP) is 1.18. The predicted molar refractivity (Wildman–Crippen MR) is 77.9 cm³/mol. The fraction of sp³-hybridized carbons (Fsp3) is 0.588. The number of morpholine rings is 1. The Hall–Kier alpha value is -1.39. The normalized spacial score (nSPS) is 34.0. The SMILES string of the molecule is O=C(C1C2CCc3ccccc3C21)N1CCOC(CO)C1. The highest BCUT2D eigenvalue weighted by atomic mass is 16.5. The van der Waals surface area contributed by atoms with Crippen molar-refractivity contribution in [1.29, 1.82) is 0 Å². The minimum Gasteiger partial charge on any atom is -0.394 e. The maximum Gasteiger partial charge on any atom is 0.226 e. The van der Waals surface area contributed by atoms with E-state index in [9.17, 15) is 9.90 Å². The number of rotatable bonds is 2. The molecule has 4 unspecified atom stereocenters. The summed E-state index contributed by atoms with van der Waals surface area (Å²) in [6.07, 6.45) is 2.02. The highest BCUT2D eigenvalue weighted by Crippen LogP contribution is 2.60. The molecule has 1 aromatic rings. The third-order valence-corrected chi connectivity index (χ3v) is 5.27. The molecule has 3 aliphatic rings. The van der Waals surface area contributed by atoms with Gasteiger partial charge in [-0.2, -0.15) is 0 Å². The molecule has 112 valence electrons. The van der Waals surface area contributed by atoms with Gasteiger partial charge >= 0.3 is 0 Å². The Labute approximate surface area is 124 Å². The van der Waals surface area contributed by atoms with E-state index in [2.05, 4.69) is 24.3 Å². The van der Waals surface area contributed by atoms with Gasteiger partial charge in [0.1, 0.15) is 0 Å². The number of aliphatic hydroxyl groups excluding tert-OH is 1. The van der Waals surface area contributed by atoms with E-state index in [1.807, 2.05) is 4.90 Å². The molecule has 0 aromatic heterocycles. The molecule has 4 nitrogen and oxygen atoms in total. The summed E-state index contributed by atoms with van der Waals surface area (Å²) in [5.74, 6) is 1.38. The van der Waals surface area contributed by atoms with Crippen molar-refractivity contribution in [2.45, 2.75) is 24.9 Å². The summed E-state index contributed by atoms with van der Waals surface area (Å²) < 4.78 is 5.44. The van der Waals surface area contributed by atoms with E-state index in [-0.39, 0.29) is 24.5 Å². The number of aryl methyl sites for hydroxylation is 1. The molecular formula is C17H21NO3. The van der Waals surface area contributed by atoms with Crippen molar-refractivity contribution in [1.82, 2.24) is 4.90 Å². The van der Waals surface area contributed by atoms with Crippen LogP contribution in [0.25, 0.3) is 0 Å². The molecule has 4 heteroatoms. The number of carbonyl (C=O) groups is 1. The minimum atomic E-state index is -0.212. The second-order valence-electron chi connectivity index (χ2n) is 6.41. The lowest BCUT2D eigenvalue weighted by molar-refractivity contribution is -0.142. The average Bonchev–Trinajstić information content (AvgIpc) is 3.29. The molecule has 0 bridgehead atoms. The Bertz CT molecular complexity index is 559. The highest BCUT2D eigenvalue weighted by molar-refractivity contribution is 5.84. The van der Waals surface area contributed by atoms with Crippen LogP contribution in [0.4, 0.5) is 0 Å². The van der Waals surface area contributed by atoms with Gasteiger partial charge in [0.2, 0.25) is 5.91 Å². The Balaban J connectivity index is 1.50. The molecule has 1 heterocycles. The van der Waals surface area contributed by atoms with Crippen LogP contribution in [0, 0.1) is 11.8 Å². The van der Waals surface area contributed by atoms with E-state index < -0.39 is 0 Å². The largest absolute Gasteiger partial charge is 0.394 e. The van der Waals surface area contributed by atoms with Gasteiger partial charge in [-0.25, -0.2) is 0 Å². The van der Waals surface area contributed by atoms with E-state index in [0.717, 1.165) is 12.8 Å². The molecular weight excluding hydrogens is 266 g/mol. The number of aliphatic hydroxyl groups is 1. The van der Waals surface area contributed by atoms with Crippen LogP contribution in [0.3, 0.4) is 0 Å². The molecule has 4 atom stereocenters. The van der Waals surface area contributed by atoms with E-state index >= 15 is 0 Å². The first-order chi connectivity index (χ1) is 10.3. The number of fused-ring (bicyclic) bond motifs is 3. The summed E-state index contributed by atoms with van der Waals surface area (Å²) in [7, 11) is 0. The van der Waals surface area contributed by atoms with Crippen molar-refractivity contribution in [2.75, 3.05) is 26.3 Å². The van der Waals surface area contributed by atoms with Crippen molar-refractivity contribution in [2.24, 2.45) is 11.8 Å². The monoisotopic (exact) mass is 287 g/mol. The molecule has 2 fully saturated rings. The van der Waals surface area contributed by atoms with Crippen LogP contribution in [-0.2, 0) is 16.0 Å². The number of benzene rings is 1. The summed E-state index contributed by atoms with van der Waals surface area (Å²) >= 11 is 0. The third kappa shape index (κ3) is 2.17. The van der Waals surface area contributed by atoms with E-state index in [1.54, 1.807) is 0 Å². The average molecular weight is 287 g/mol. The van der Waals surface area contributed by atoms with Gasteiger partial charge in [0.15, 0.2) is 0 Å². The summed E-state index contributed by atoms with van der Waals surface area (Å²) in [4.78, 5) is 14.7. The minimum absolute atomic E-state index is 0.00978. The van der Waals surface area contributed by atoms with E-state index in [1.165, 1.54) is 11.1 Å². The summed E-state index contributed by atoms with van der Waals surface area (Å²) in [6, 6.07) is 8.56. The van der Waals surface area contributed by atoms with Crippen molar-refractivity contribution in [3.63, 3.8) is 0 Å². The molecule has 2 aliphatic carbocycles. The van der Waals surface area contributed by atoms with Gasteiger partial charge in [0.25, 0.3) is 0 Å². The number of amides is 1. The Kier molecular flexibility index (Phi) is 3.23. The molecule has 0 spiro atoms. The molecule has 1 saturated carbocycles. The van der Waals surface area contributed by atoms with Crippen LogP contribution in [0.2, 0.25) is 0 Å². The molecule has 21 heavy (non-hydrogen) atoms. The summed E-state index contributed by atoms with van der Waals surface area (Å²) in [6.45, 7) is 1.72. The van der Waals surface area contributed by atoms with Crippen LogP contribution in [0.1, 0.15) is 23.5 Å². The fourth-order valence-electron chi connectivity index (χ4n) is 4.14. The highest BCUT2D eigenvalue weighted by Gasteiger charge is 2.58. The quantitative estimate of drug-likeness (QED) is 0.888. The van der Waals surface area contributed by atoms with Gasteiger partial charge in [-0.1, -0.05) is 24.3 Å². The lowest BCUT2D eigenvalue weighted by Crippen LogP contribution is -2.47. The Morgan fingerprint density at radius 1 is 1.38 bits per heavy atom. The van der Waals surface area contributed by atoms with E-state index in [4.69, 9.17) is 4.74 Å². The standard InChI is InChI=1S/C17H21NO3/c19-10-12-9-18(7-8-21-12)17(20)16-14-6-5-11-3-1-2-4-13(11)15(14)16/h1-4,12,14-16,19H,5-10H2. The van der Waals surface area contributed by atoms with Crippen LogP contribution in [0.5, 0.6) is 0 Å². The molecule has 1 amide bonds. The van der Waals surface area contributed by atoms with Gasteiger partial charge in [-0.05, 0) is 35.8 Å². The van der Waals surface area contributed by atoms with Gasteiger partial charge in [0.05, 0.1) is 19.3 Å². The zero-order valence-electron chi connectivity index (χ0n) is 12.1. The Morgan fingerprint density at radius 3 is 3.10 bits per heavy atom. The smallest absolute Gasteiger partial charge is 0.226 e. The lowest BCUT2D eigenvalue weighted by atomic mass is 9.92. The van der Waals surface area contributed by atoms with Crippen LogP contribution >= 0.6 is 0 Å². The zero-order chi connectivity index (χ0) is 14.4. The molecule has 1 N–H and O–H groups in total. The summed E-state index contributed by atoms with van der Waals surface area (Å²) in [5.41, 5.74) is 2.81. The van der Waals surface area contributed by atoms with Gasteiger partial charge < -0.3 is 14.7 Å². The van der Waals surface area contributed by atoms with Crippen molar-refractivity contribution in [3.05, 3.63) is 35.4 Å². The number of hydrogen-bond acceptors (Lipinski definition) is 3. The van der Waals surface area contributed by atoms with Gasteiger partial charge in [-0.15, -0.1) is 0 Å². The first kappa shape index (κ1) is 13.3. The van der Waals surface area contributed by atoms with Crippen molar-refractivity contribution < 1.29 is 14.6 Å². The second kappa shape index (κ2) is 5.11. The van der Waals surface area contributed by atoms with Crippen molar-refractivity contribution in [3.8, 4) is 0 Å². The van der Waals surface area contributed by atoms with Crippen LogP contribution < -0.4 is 0 Å². The van der Waals surface area contributed by atoms with Gasteiger partial charge in [0, 0.05) is 19.0 Å². The number of ether oxygens (including phenoxy) is 1. The number of hydrogen-bond donors (Lipinski definition) is 1. The molecule has 0 radical (unpaired) electrons. The zero-order valence-corrected chi connectivity index (χ0v) is 12.1. The Morgan fingerprint density at radius 2 is 2.24 bits per heavy atom. The number of carbonyl (C=O) groups excluding carboxylic acids is 1. The molecule has 1 aliphatic heterocycles.